The van der Waals surface area contributed by atoms with E-state index in [2.05, 4.69) is 10.3 Å². The maximum Gasteiger partial charge on any atom is 0.272 e. The second-order valence-electron chi connectivity index (χ2n) is 5.61. The Morgan fingerprint density at radius 3 is 2.50 bits per heavy atom. The molecule has 0 bridgehead atoms. The predicted molar refractivity (Wildman–Crippen MR) is 95.4 cm³/mol. The van der Waals surface area contributed by atoms with Gasteiger partial charge >= 0.3 is 0 Å². The molecule has 1 N–H and O–H groups in total. The fourth-order valence-corrected chi connectivity index (χ4v) is 2.44. The van der Waals surface area contributed by atoms with Crippen molar-refractivity contribution in [1.29, 1.82) is 0 Å². The minimum Gasteiger partial charge on any atom is -0.338 e. The summed E-state index contributed by atoms with van der Waals surface area (Å²) in [7, 11) is 0. The van der Waals surface area contributed by atoms with Crippen molar-refractivity contribution in [2.75, 3.05) is 18.4 Å². The fraction of sp³-hybridized carbons (Fsp3) is 0.316. The number of pyridine rings is 1. The van der Waals surface area contributed by atoms with Crippen molar-refractivity contribution in [1.82, 2.24) is 9.88 Å². The van der Waals surface area contributed by atoms with Crippen LogP contribution in [0.1, 0.15) is 45.8 Å². The van der Waals surface area contributed by atoms with Crippen molar-refractivity contribution >= 4 is 17.5 Å². The van der Waals surface area contributed by atoms with Crippen LogP contribution in [0.3, 0.4) is 0 Å². The number of carbonyl (C=O) groups is 2. The zero-order valence-corrected chi connectivity index (χ0v) is 14.6. The third-order valence-electron chi connectivity index (χ3n) is 4.14. The summed E-state index contributed by atoms with van der Waals surface area (Å²) in [4.78, 5) is 30.6. The Hall–Kier alpha value is -2.69. The Morgan fingerprint density at radius 2 is 1.83 bits per heavy atom. The van der Waals surface area contributed by atoms with Crippen LogP contribution in [0.25, 0.3) is 0 Å². The summed E-state index contributed by atoms with van der Waals surface area (Å²) < 4.78 is 0. The number of amides is 2. The molecule has 5 nitrogen and oxygen atoms in total. The molecule has 1 aromatic carbocycles. The Labute approximate surface area is 142 Å². The maximum atomic E-state index is 12.5. The molecule has 2 rings (SSSR count). The van der Waals surface area contributed by atoms with Crippen molar-refractivity contribution in [3.05, 3.63) is 58.9 Å². The smallest absolute Gasteiger partial charge is 0.272 e. The molecule has 0 atom stereocenters. The summed E-state index contributed by atoms with van der Waals surface area (Å²) in [5.41, 5.74) is 3.61. The third-order valence-corrected chi connectivity index (χ3v) is 4.14. The van der Waals surface area contributed by atoms with Crippen LogP contribution in [-0.4, -0.2) is 34.8 Å². The van der Waals surface area contributed by atoms with Crippen LogP contribution in [0.15, 0.2) is 36.5 Å². The summed E-state index contributed by atoms with van der Waals surface area (Å²) in [6.45, 7) is 9.01. The highest BCUT2D eigenvalue weighted by molar-refractivity contribution is 6.06. The molecule has 2 amide bonds. The molecule has 5 heteroatoms. The second kappa shape index (κ2) is 7.73. The molecule has 0 saturated heterocycles. The molecule has 2 aromatic rings. The van der Waals surface area contributed by atoms with E-state index in [-0.39, 0.29) is 17.5 Å². The molecule has 0 saturated carbocycles. The highest BCUT2D eigenvalue weighted by Crippen LogP contribution is 2.19. The molecule has 0 radical (unpaired) electrons. The van der Waals surface area contributed by atoms with E-state index in [1.165, 1.54) is 6.20 Å². The van der Waals surface area contributed by atoms with Gasteiger partial charge in [0.1, 0.15) is 5.69 Å². The first-order chi connectivity index (χ1) is 11.5. The van der Waals surface area contributed by atoms with Crippen molar-refractivity contribution in [2.24, 2.45) is 0 Å². The predicted octanol–water partition coefficient (Wildman–Crippen LogP) is 3.43. The van der Waals surface area contributed by atoms with Crippen molar-refractivity contribution in [3.8, 4) is 0 Å². The Balaban J connectivity index is 2.23. The van der Waals surface area contributed by atoms with E-state index in [4.69, 9.17) is 0 Å². The minimum atomic E-state index is -0.250. The van der Waals surface area contributed by atoms with E-state index in [0.29, 0.717) is 18.7 Å². The first kappa shape index (κ1) is 17.7. The molecule has 0 aliphatic rings. The van der Waals surface area contributed by atoms with Crippen molar-refractivity contribution in [2.45, 2.75) is 27.7 Å². The lowest BCUT2D eigenvalue weighted by molar-refractivity contribution is 0.0767. The van der Waals surface area contributed by atoms with E-state index in [9.17, 15) is 9.59 Å². The van der Waals surface area contributed by atoms with Gasteiger partial charge in [0.05, 0.1) is 0 Å². The molecule has 1 aromatic heterocycles. The first-order valence-electron chi connectivity index (χ1n) is 8.10. The highest BCUT2D eigenvalue weighted by atomic mass is 16.2. The summed E-state index contributed by atoms with van der Waals surface area (Å²) in [5.74, 6) is -0.416. The second-order valence-corrected chi connectivity index (χ2v) is 5.61. The monoisotopic (exact) mass is 325 g/mol. The van der Waals surface area contributed by atoms with Gasteiger partial charge in [-0.1, -0.05) is 12.1 Å². The summed E-state index contributed by atoms with van der Waals surface area (Å²) in [6, 6.07) is 8.92. The number of hydrogen-bond acceptors (Lipinski definition) is 3. The van der Waals surface area contributed by atoms with Gasteiger partial charge in [-0.25, -0.2) is 0 Å². The van der Waals surface area contributed by atoms with Gasteiger partial charge < -0.3 is 10.2 Å². The third kappa shape index (κ3) is 3.79. The normalized spacial score (nSPS) is 10.3. The van der Waals surface area contributed by atoms with Crippen LogP contribution < -0.4 is 5.32 Å². The van der Waals surface area contributed by atoms with Gasteiger partial charge in [-0.15, -0.1) is 0 Å². The Morgan fingerprint density at radius 1 is 1.12 bits per heavy atom. The number of rotatable bonds is 5. The lowest BCUT2D eigenvalue weighted by Gasteiger charge is -2.18. The number of benzene rings is 1. The van der Waals surface area contributed by atoms with Gasteiger partial charge in [-0.3, -0.25) is 14.6 Å². The lowest BCUT2D eigenvalue weighted by atomic mass is 10.1. The molecule has 0 fully saturated rings. The van der Waals surface area contributed by atoms with Crippen LogP contribution in [-0.2, 0) is 0 Å². The van der Waals surface area contributed by atoms with Gasteiger partial charge in [0.2, 0.25) is 0 Å². The fourth-order valence-electron chi connectivity index (χ4n) is 2.44. The Bertz CT molecular complexity index is 752. The number of hydrogen-bond donors (Lipinski definition) is 1. The molecular weight excluding hydrogens is 302 g/mol. The van der Waals surface area contributed by atoms with Gasteiger partial charge in [-0.05, 0) is 57.0 Å². The lowest BCUT2D eigenvalue weighted by Crippen LogP contribution is -2.31. The quantitative estimate of drug-likeness (QED) is 0.916. The summed E-state index contributed by atoms with van der Waals surface area (Å²) in [6.07, 6.45) is 1.49. The van der Waals surface area contributed by atoms with E-state index < -0.39 is 0 Å². The molecule has 24 heavy (non-hydrogen) atoms. The van der Waals surface area contributed by atoms with Crippen LogP contribution >= 0.6 is 0 Å². The average Bonchev–Trinajstić information content (AvgIpc) is 2.60. The SMILES string of the molecule is CCN(CC)C(=O)c1cc(C(=O)Nc2cccc(C)c2C)ccn1. The number of aryl methyl sites for hydroxylation is 1. The topological polar surface area (TPSA) is 62.3 Å². The van der Waals surface area contributed by atoms with Gasteiger partial charge in [0.25, 0.3) is 11.8 Å². The number of carbonyl (C=O) groups excluding carboxylic acids is 2. The van der Waals surface area contributed by atoms with Gasteiger partial charge in [0, 0.05) is 30.5 Å². The van der Waals surface area contributed by atoms with Crippen LogP contribution in [0, 0.1) is 13.8 Å². The zero-order valence-electron chi connectivity index (χ0n) is 14.6. The maximum absolute atomic E-state index is 12.5. The molecule has 0 aliphatic carbocycles. The molecular formula is C19H23N3O2. The van der Waals surface area contributed by atoms with E-state index >= 15 is 0 Å². The van der Waals surface area contributed by atoms with Crippen molar-refractivity contribution in [3.63, 3.8) is 0 Å². The number of nitrogens with one attached hydrogen (secondary N) is 1. The van der Waals surface area contributed by atoms with E-state index in [0.717, 1.165) is 16.8 Å². The summed E-state index contributed by atoms with van der Waals surface area (Å²) >= 11 is 0. The largest absolute Gasteiger partial charge is 0.338 e. The van der Waals surface area contributed by atoms with Crippen molar-refractivity contribution < 1.29 is 9.59 Å². The molecule has 0 spiro atoms. The summed E-state index contributed by atoms with van der Waals surface area (Å²) in [5, 5.41) is 2.90. The van der Waals surface area contributed by atoms with Crippen LogP contribution in [0.2, 0.25) is 0 Å². The zero-order chi connectivity index (χ0) is 17.7. The number of aromatic nitrogens is 1. The minimum absolute atomic E-state index is 0.165. The van der Waals surface area contributed by atoms with Crippen LogP contribution in [0.5, 0.6) is 0 Å². The van der Waals surface area contributed by atoms with E-state index in [1.807, 2.05) is 45.9 Å². The van der Waals surface area contributed by atoms with E-state index in [1.54, 1.807) is 17.0 Å². The van der Waals surface area contributed by atoms with Gasteiger partial charge in [-0.2, -0.15) is 0 Å². The average molecular weight is 325 g/mol. The molecule has 1 heterocycles. The van der Waals surface area contributed by atoms with Gasteiger partial charge in [0.15, 0.2) is 0 Å². The van der Waals surface area contributed by atoms with Crippen LogP contribution in [0.4, 0.5) is 5.69 Å². The standard InChI is InChI=1S/C19H23N3O2/c1-5-22(6-2)19(24)17-12-15(10-11-20-17)18(23)21-16-9-7-8-13(3)14(16)4/h7-12H,5-6H2,1-4H3,(H,21,23). The molecule has 126 valence electrons. The number of nitrogens with zero attached hydrogens (tertiary/aromatic N) is 2. The first-order valence-corrected chi connectivity index (χ1v) is 8.10. The highest BCUT2D eigenvalue weighted by Gasteiger charge is 2.16. The molecule has 0 aliphatic heterocycles. The Kier molecular flexibility index (Phi) is 5.68. The molecule has 0 unspecified atom stereocenters. The number of anilines is 1.